The van der Waals surface area contributed by atoms with Crippen molar-refractivity contribution < 1.29 is 14.0 Å². The van der Waals surface area contributed by atoms with E-state index in [-0.39, 0.29) is 11.8 Å². The molecule has 0 radical (unpaired) electrons. The minimum Gasteiger partial charge on any atom is -0.352 e. The minimum absolute atomic E-state index is 0.320. The number of rotatable bonds is 3. The van der Waals surface area contributed by atoms with Crippen molar-refractivity contribution in [1.29, 1.82) is 0 Å². The summed E-state index contributed by atoms with van der Waals surface area (Å²) < 4.78 is 13.6. The Kier molecular flexibility index (Phi) is 4.83. The van der Waals surface area contributed by atoms with Gasteiger partial charge in [-0.25, -0.2) is 14.4 Å². The Hall–Kier alpha value is -3.03. The van der Waals surface area contributed by atoms with Crippen LogP contribution < -0.4 is 10.2 Å². The smallest absolute Gasteiger partial charge is 0.258 e. The maximum absolute atomic E-state index is 13.6. The molecule has 26 heavy (non-hydrogen) atoms. The van der Waals surface area contributed by atoms with Gasteiger partial charge in [-0.3, -0.25) is 9.59 Å². The van der Waals surface area contributed by atoms with E-state index in [4.69, 9.17) is 0 Å². The van der Waals surface area contributed by atoms with Gasteiger partial charge in [0.1, 0.15) is 11.9 Å². The number of carbonyl (C=O) groups excluding carboxylic acids is 2. The summed E-state index contributed by atoms with van der Waals surface area (Å²) in [5.74, 6) is -0.643. The van der Waals surface area contributed by atoms with E-state index in [0.717, 1.165) is 0 Å². The monoisotopic (exact) mass is 357 g/mol. The normalized spacial score (nSPS) is 17.0. The minimum atomic E-state index is -0.889. The summed E-state index contributed by atoms with van der Waals surface area (Å²) in [7, 11) is 3.62. The fourth-order valence-electron chi connectivity index (χ4n) is 2.93. The van der Waals surface area contributed by atoms with Crippen molar-refractivity contribution in [1.82, 2.24) is 20.2 Å². The molecule has 1 fully saturated rings. The summed E-state index contributed by atoms with van der Waals surface area (Å²) in [4.78, 5) is 37.2. The van der Waals surface area contributed by atoms with Crippen molar-refractivity contribution in [3.8, 4) is 0 Å². The Morgan fingerprint density at radius 1 is 1.38 bits per heavy atom. The predicted octanol–water partition coefficient (Wildman–Crippen LogP) is 1.30. The number of anilines is 1. The molecular formula is C18H20FN5O2. The molecular weight excluding hydrogens is 337 g/mol. The zero-order valence-electron chi connectivity index (χ0n) is 14.9. The average Bonchev–Trinajstić information content (AvgIpc) is 2.60. The van der Waals surface area contributed by atoms with Gasteiger partial charge in [-0.05, 0) is 24.6 Å². The number of halogens is 1. The number of aryl methyl sites for hydroxylation is 1. The first-order valence-corrected chi connectivity index (χ1v) is 8.23. The maximum Gasteiger partial charge on any atom is 0.258 e. The fourth-order valence-corrected chi connectivity index (χ4v) is 2.93. The Labute approximate surface area is 150 Å². The van der Waals surface area contributed by atoms with Gasteiger partial charge < -0.3 is 15.1 Å². The molecule has 1 atom stereocenters. The molecule has 7 nitrogen and oxygen atoms in total. The number of nitrogens with one attached hydrogen (secondary N) is 1. The van der Waals surface area contributed by atoms with Crippen LogP contribution in [0.5, 0.6) is 0 Å². The van der Waals surface area contributed by atoms with Gasteiger partial charge in [0.05, 0.1) is 11.3 Å². The lowest BCUT2D eigenvalue weighted by atomic mass is 10.0. The first kappa shape index (κ1) is 17.8. The topological polar surface area (TPSA) is 78.4 Å². The Balaban J connectivity index is 1.97. The number of piperazine rings is 1. The molecule has 1 aliphatic heterocycles. The zero-order chi connectivity index (χ0) is 18.8. The van der Waals surface area contributed by atoms with Crippen LogP contribution in [0.4, 0.5) is 10.3 Å². The second-order valence-corrected chi connectivity index (χ2v) is 6.31. The van der Waals surface area contributed by atoms with Crippen LogP contribution in [0.2, 0.25) is 0 Å². The van der Waals surface area contributed by atoms with Gasteiger partial charge in [0.2, 0.25) is 11.9 Å². The van der Waals surface area contributed by atoms with Crippen LogP contribution in [0.3, 0.4) is 0 Å². The number of hydrogen-bond donors (Lipinski definition) is 1. The maximum atomic E-state index is 13.6. The van der Waals surface area contributed by atoms with Gasteiger partial charge in [-0.1, -0.05) is 12.1 Å². The van der Waals surface area contributed by atoms with E-state index in [9.17, 15) is 14.0 Å². The van der Waals surface area contributed by atoms with E-state index < -0.39 is 11.9 Å². The van der Waals surface area contributed by atoms with Crippen molar-refractivity contribution in [3.05, 3.63) is 53.1 Å². The van der Waals surface area contributed by atoms with Crippen LogP contribution in [0.1, 0.15) is 27.7 Å². The third kappa shape index (κ3) is 3.35. The lowest BCUT2D eigenvalue weighted by Gasteiger charge is -2.35. The molecule has 0 spiro atoms. The SMILES string of the molecule is Cc1nc(N(C)C)ncc1C(=O)N1CCNC(=O)C1c1cccc(F)c1. The molecule has 0 aliphatic carbocycles. The van der Waals surface area contributed by atoms with Crippen LogP contribution in [0, 0.1) is 12.7 Å². The van der Waals surface area contributed by atoms with E-state index in [1.54, 1.807) is 17.9 Å². The summed E-state index contributed by atoms with van der Waals surface area (Å²) in [6, 6.07) is 4.84. The van der Waals surface area contributed by atoms with Gasteiger partial charge >= 0.3 is 0 Å². The highest BCUT2D eigenvalue weighted by Gasteiger charge is 2.35. The van der Waals surface area contributed by atoms with E-state index >= 15 is 0 Å². The van der Waals surface area contributed by atoms with Gasteiger partial charge in [-0.2, -0.15) is 0 Å². The van der Waals surface area contributed by atoms with Crippen LogP contribution in [0.25, 0.3) is 0 Å². The lowest BCUT2D eigenvalue weighted by Crippen LogP contribution is -2.52. The van der Waals surface area contributed by atoms with Crippen molar-refractivity contribution in [2.24, 2.45) is 0 Å². The molecule has 136 valence electrons. The van der Waals surface area contributed by atoms with Gasteiger partial charge in [-0.15, -0.1) is 0 Å². The molecule has 0 saturated carbocycles. The van der Waals surface area contributed by atoms with Crippen LogP contribution >= 0.6 is 0 Å². The zero-order valence-corrected chi connectivity index (χ0v) is 14.9. The Morgan fingerprint density at radius 3 is 2.81 bits per heavy atom. The standard InChI is InChI=1S/C18H20FN5O2/c1-11-14(10-21-18(22-11)23(2)3)17(26)24-8-7-20-16(25)15(24)12-5-4-6-13(19)9-12/h4-6,9-10,15H,7-8H2,1-3H3,(H,20,25). The molecule has 1 N–H and O–H groups in total. The molecule has 8 heteroatoms. The third-order valence-electron chi connectivity index (χ3n) is 4.23. The van der Waals surface area contributed by atoms with Crippen molar-refractivity contribution in [2.75, 3.05) is 32.1 Å². The Bertz CT molecular complexity index is 855. The molecule has 2 aromatic rings. The molecule has 1 aromatic carbocycles. The van der Waals surface area contributed by atoms with Gasteiger partial charge in [0, 0.05) is 33.4 Å². The van der Waals surface area contributed by atoms with E-state index in [1.165, 1.54) is 29.3 Å². The van der Waals surface area contributed by atoms with E-state index in [0.29, 0.717) is 35.9 Å². The largest absolute Gasteiger partial charge is 0.352 e. The highest BCUT2D eigenvalue weighted by atomic mass is 19.1. The predicted molar refractivity (Wildman–Crippen MR) is 94.3 cm³/mol. The summed E-state index contributed by atoms with van der Waals surface area (Å²) in [6.45, 7) is 2.38. The van der Waals surface area contributed by atoms with Crippen LogP contribution in [-0.4, -0.2) is 53.9 Å². The quantitative estimate of drug-likeness (QED) is 0.896. The Morgan fingerprint density at radius 2 is 2.15 bits per heavy atom. The van der Waals surface area contributed by atoms with Crippen molar-refractivity contribution >= 4 is 17.8 Å². The molecule has 1 saturated heterocycles. The molecule has 2 amide bonds. The second-order valence-electron chi connectivity index (χ2n) is 6.31. The average molecular weight is 357 g/mol. The molecule has 1 aliphatic rings. The number of nitrogens with zero attached hydrogens (tertiary/aromatic N) is 4. The highest BCUT2D eigenvalue weighted by Crippen LogP contribution is 2.26. The molecule has 2 heterocycles. The number of amides is 2. The first-order valence-electron chi connectivity index (χ1n) is 8.23. The second kappa shape index (κ2) is 7.07. The van der Waals surface area contributed by atoms with E-state index in [2.05, 4.69) is 15.3 Å². The van der Waals surface area contributed by atoms with Crippen molar-refractivity contribution in [2.45, 2.75) is 13.0 Å². The third-order valence-corrected chi connectivity index (χ3v) is 4.23. The van der Waals surface area contributed by atoms with Gasteiger partial charge in [0.25, 0.3) is 5.91 Å². The summed E-state index contributed by atoms with van der Waals surface area (Å²) in [5.41, 5.74) is 1.28. The number of benzene rings is 1. The van der Waals surface area contributed by atoms with Crippen LogP contribution in [0.15, 0.2) is 30.5 Å². The first-order chi connectivity index (χ1) is 12.4. The summed E-state index contributed by atoms with van der Waals surface area (Å²) in [5, 5.41) is 2.73. The fraction of sp³-hybridized carbons (Fsp3) is 0.333. The molecule has 1 unspecified atom stereocenters. The number of hydrogen-bond acceptors (Lipinski definition) is 5. The molecule has 1 aromatic heterocycles. The molecule has 3 rings (SSSR count). The number of carbonyl (C=O) groups is 2. The van der Waals surface area contributed by atoms with Crippen LogP contribution in [-0.2, 0) is 4.79 Å². The summed E-state index contributed by atoms with van der Waals surface area (Å²) in [6.07, 6.45) is 1.47. The van der Waals surface area contributed by atoms with Crippen molar-refractivity contribution in [3.63, 3.8) is 0 Å². The number of aromatic nitrogens is 2. The van der Waals surface area contributed by atoms with E-state index in [1.807, 2.05) is 14.1 Å². The molecule has 0 bridgehead atoms. The highest BCUT2D eigenvalue weighted by molar-refractivity contribution is 5.99. The summed E-state index contributed by atoms with van der Waals surface area (Å²) >= 11 is 0. The lowest BCUT2D eigenvalue weighted by molar-refractivity contribution is -0.128. The van der Waals surface area contributed by atoms with Gasteiger partial charge in [0.15, 0.2) is 0 Å².